The van der Waals surface area contributed by atoms with Crippen molar-refractivity contribution in [3.63, 3.8) is 0 Å². The maximum absolute atomic E-state index is 10.5. The van der Waals surface area contributed by atoms with Crippen molar-refractivity contribution < 1.29 is 4.92 Å². The fraction of sp³-hybridized carbons (Fsp3) is 0. The first-order chi connectivity index (χ1) is 9.15. The molecular weight excluding hydrogens is 310 g/mol. The SMILES string of the molecule is O=[N+]([O-])c1ccc(NN=Cc2ccc(Br)cc2)cc1. The minimum atomic E-state index is -0.436. The van der Waals surface area contributed by atoms with E-state index in [0.717, 1.165) is 10.0 Å². The lowest BCUT2D eigenvalue weighted by Crippen LogP contribution is -1.92. The van der Waals surface area contributed by atoms with Crippen LogP contribution in [0.3, 0.4) is 0 Å². The normalized spacial score (nSPS) is 10.6. The Morgan fingerprint density at radius 1 is 1.11 bits per heavy atom. The second-order valence-corrected chi connectivity index (χ2v) is 4.64. The van der Waals surface area contributed by atoms with Crippen LogP contribution in [0.1, 0.15) is 5.56 Å². The molecule has 0 heterocycles. The average Bonchev–Trinajstić information content (AvgIpc) is 2.41. The second kappa shape index (κ2) is 6.10. The highest BCUT2D eigenvalue weighted by atomic mass is 79.9. The zero-order chi connectivity index (χ0) is 13.7. The summed E-state index contributed by atoms with van der Waals surface area (Å²) in [4.78, 5) is 10.1. The average molecular weight is 320 g/mol. The first-order valence-corrected chi connectivity index (χ1v) is 6.23. The molecule has 0 amide bonds. The fourth-order valence-electron chi connectivity index (χ4n) is 1.39. The molecule has 0 spiro atoms. The number of nitrogens with one attached hydrogen (secondary N) is 1. The van der Waals surface area contributed by atoms with Gasteiger partial charge in [-0.25, -0.2) is 0 Å². The van der Waals surface area contributed by atoms with Gasteiger partial charge in [0, 0.05) is 16.6 Å². The Morgan fingerprint density at radius 2 is 1.74 bits per heavy atom. The van der Waals surface area contributed by atoms with E-state index in [-0.39, 0.29) is 5.69 Å². The molecule has 96 valence electrons. The molecule has 2 aromatic carbocycles. The van der Waals surface area contributed by atoms with Crippen molar-refractivity contribution in [2.45, 2.75) is 0 Å². The summed E-state index contributed by atoms with van der Waals surface area (Å²) in [6.07, 6.45) is 1.67. The summed E-state index contributed by atoms with van der Waals surface area (Å²) in [7, 11) is 0. The number of hydrazone groups is 1. The fourth-order valence-corrected chi connectivity index (χ4v) is 1.65. The van der Waals surface area contributed by atoms with Crippen LogP contribution in [-0.4, -0.2) is 11.1 Å². The van der Waals surface area contributed by atoms with Gasteiger partial charge >= 0.3 is 0 Å². The lowest BCUT2D eigenvalue weighted by atomic mass is 10.2. The number of non-ortho nitro benzene ring substituents is 1. The first kappa shape index (κ1) is 13.2. The van der Waals surface area contributed by atoms with Gasteiger partial charge in [-0.15, -0.1) is 0 Å². The molecule has 19 heavy (non-hydrogen) atoms. The number of nitro groups is 1. The molecule has 1 N–H and O–H groups in total. The molecule has 0 atom stereocenters. The quantitative estimate of drug-likeness (QED) is 0.529. The number of benzene rings is 2. The molecular formula is C13H10BrN3O2. The van der Waals surface area contributed by atoms with Gasteiger partial charge in [-0.2, -0.15) is 5.10 Å². The highest BCUT2D eigenvalue weighted by molar-refractivity contribution is 9.10. The van der Waals surface area contributed by atoms with Gasteiger partial charge in [0.2, 0.25) is 0 Å². The Morgan fingerprint density at radius 3 is 2.32 bits per heavy atom. The molecule has 0 aliphatic rings. The molecule has 5 nitrogen and oxygen atoms in total. The summed E-state index contributed by atoms with van der Waals surface area (Å²) < 4.78 is 1.01. The van der Waals surface area contributed by atoms with Crippen molar-refractivity contribution >= 4 is 33.5 Å². The van der Waals surface area contributed by atoms with Crippen LogP contribution in [0.5, 0.6) is 0 Å². The molecule has 0 radical (unpaired) electrons. The summed E-state index contributed by atoms with van der Waals surface area (Å²) in [5.41, 5.74) is 4.52. The van der Waals surface area contributed by atoms with Gasteiger partial charge in [0.1, 0.15) is 0 Å². The van der Waals surface area contributed by atoms with Crippen LogP contribution in [0.2, 0.25) is 0 Å². The Balaban J connectivity index is 1.98. The Kier molecular flexibility index (Phi) is 4.25. The predicted molar refractivity (Wildman–Crippen MR) is 78.5 cm³/mol. The van der Waals surface area contributed by atoms with Gasteiger partial charge in [-0.05, 0) is 29.8 Å². The van der Waals surface area contributed by atoms with Crippen LogP contribution >= 0.6 is 15.9 Å². The Labute approximate surface area is 118 Å². The van der Waals surface area contributed by atoms with Crippen molar-refractivity contribution in [3.05, 3.63) is 68.7 Å². The minimum Gasteiger partial charge on any atom is -0.278 e. The van der Waals surface area contributed by atoms with Gasteiger partial charge in [-0.1, -0.05) is 28.1 Å². The second-order valence-electron chi connectivity index (χ2n) is 3.73. The third kappa shape index (κ3) is 3.89. The third-order valence-electron chi connectivity index (χ3n) is 2.36. The van der Waals surface area contributed by atoms with Crippen LogP contribution in [-0.2, 0) is 0 Å². The summed E-state index contributed by atoms with van der Waals surface area (Å²) in [6.45, 7) is 0. The lowest BCUT2D eigenvalue weighted by Gasteiger charge is -1.99. The Hall–Kier alpha value is -2.21. The molecule has 2 aromatic rings. The number of halogens is 1. The van der Waals surface area contributed by atoms with Crippen LogP contribution in [0, 0.1) is 10.1 Å². The van der Waals surface area contributed by atoms with Crippen LogP contribution in [0.15, 0.2) is 58.1 Å². The van der Waals surface area contributed by atoms with Crippen molar-refractivity contribution in [2.24, 2.45) is 5.10 Å². The minimum absolute atomic E-state index is 0.0578. The van der Waals surface area contributed by atoms with E-state index in [9.17, 15) is 10.1 Å². The van der Waals surface area contributed by atoms with Crippen molar-refractivity contribution in [3.8, 4) is 0 Å². The van der Waals surface area contributed by atoms with Crippen LogP contribution in [0.25, 0.3) is 0 Å². The van der Waals surface area contributed by atoms with Crippen LogP contribution in [0.4, 0.5) is 11.4 Å². The van der Waals surface area contributed by atoms with Crippen molar-refractivity contribution in [2.75, 3.05) is 5.43 Å². The molecule has 0 aliphatic heterocycles. The topological polar surface area (TPSA) is 67.5 Å². The molecule has 0 saturated carbocycles. The summed E-state index contributed by atoms with van der Waals surface area (Å²) in [6, 6.07) is 13.8. The van der Waals surface area contributed by atoms with E-state index in [1.807, 2.05) is 24.3 Å². The molecule has 6 heteroatoms. The third-order valence-corrected chi connectivity index (χ3v) is 2.88. The number of rotatable bonds is 4. The van der Waals surface area contributed by atoms with E-state index in [1.54, 1.807) is 18.3 Å². The molecule has 0 unspecified atom stereocenters. The van der Waals surface area contributed by atoms with Crippen molar-refractivity contribution in [1.82, 2.24) is 0 Å². The smallest absolute Gasteiger partial charge is 0.269 e. The molecule has 2 rings (SSSR count). The highest BCUT2D eigenvalue weighted by Gasteiger charge is 2.02. The number of anilines is 1. The van der Waals surface area contributed by atoms with E-state index < -0.39 is 4.92 Å². The number of nitro benzene ring substituents is 1. The van der Waals surface area contributed by atoms with Gasteiger partial charge < -0.3 is 0 Å². The van der Waals surface area contributed by atoms with E-state index in [2.05, 4.69) is 26.5 Å². The monoisotopic (exact) mass is 319 g/mol. The molecule has 0 bridgehead atoms. The van der Waals surface area contributed by atoms with Gasteiger partial charge in [0.05, 0.1) is 16.8 Å². The predicted octanol–water partition coefficient (Wildman–Crippen LogP) is 3.80. The number of hydrogen-bond acceptors (Lipinski definition) is 4. The Bertz CT molecular complexity index is 594. The maximum atomic E-state index is 10.5. The largest absolute Gasteiger partial charge is 0.278 e. The summed E-state index contributed by atoms with van der Waals surface area (Å²) >= 11 is 3.35. The highest BCUT2D eigenvalue weighted by Crippen LogP contribution is 2.15. The molecule has 0 fully saturated rings. The van der Waals surface area contributed by atoms with E-state index in [0.29, 0.717) is 5.69 Å². The standard InChI is InChI=1S/C13H10BrN3O2/c14-11-3-1-10(2-4-11)9-15-16-12-5-7-13(8-6-12)17(18)19/h1-9,16H. The molecule has 0 aromatic heterocycles. The van der Waals surface area contributed by atoms with E-state index >= 15 is 0 Å². The zero-order valence-electron chi connectivity index (χ0n) is 9.79. The zero-order valence-corrected chi connectivity index (χ0v) is 11.4. The summed E-state index contributed by atoms with van der Waals surface area (Å²) in [5.74, 6) is 0. The van der Waals surface area contributed by atoms with E-state index in [1.165, 1.54) is 12.1 Å². The first-order valence-electron chi connectivity index (χ1n) is 5.44. The number of nitrogens with zero attached hydrogens (tertiary/aromatic N) is 2. The molecule has 0 aliphatic carbocycles. The van der Waals surface area contributed by atoms with Gasteiger partial charge in [0.15, 0.2) is 0 Å². The van der Waals surface area contributed by atoms with Gasteiger partial charge in [-0.3, -0.25) is 15.5 Å². The van der Waals surface area contributed by atoms with Crippen LogP contribution < -0.4 is 5.43 Å². The summed E-state index contributed by atoms with van der Waals surface area (Å²) in [5, 5.41) is 14.5. The van der Waals surface area contributed by atoms with E-state index in [4.69, 9.17) is 0 Å². The van der Waals surface area contributed by atoms with Gasteiger partial charge in [0.25, 0.3) is 5.69 Å². The maximum Gasteiger partial charge on any atom is 0.269 e. The number of hydrogen-bond donors (Lipinski definition) is 1. The van der Waals surface area contributed by atoms with Crippen molar-refractivity contribution in [1.29, 1.82) is 0 Å². The lowest BCUT2D eigenvalue weighted by molar-refractivity contribution is -0.384. The molecule has 0 saturated heterocycles.